The lowest BCUT2D eigenvalue weighted by Crippen LogP contribution is -2.32. The fraction of sp³-hybridized carbons (Fsp3) is 1.00. The molecule has 0 aliphatic carbocycles. The van der Waals surface area contributed by atoms with Crippen LogP contribution in [-0.4, -0.2) is 25.8 Å². The molecule has 1 aliphatic rings. The van der Waals surface area contributed by atoms with Crippen LogP contribution in [0.15, 0.2) is 0 Å². The topological polar surface area (TPSA) is 21.3 Å². The van der Waals surface area contributed by atoms with Crippen LogP contribution in [0.25, 0.3) is 0 Å². The van der Waals surface area contributed by atoms with E-state index in [9.17, 15) is 0 Å². The van der Waals surface area contributed by atoms with Gasteiger partial charge in [-0.3, -0.25) is 0 Å². The van der Waals surface area contributed by atoms with Gasteiger partial charge in [-0.25, -0.2) is 0 Å². The summed E-state index contributed by atoms with van der Waals surface area (Å²) in [6.45, 7) is 7.91. The molecule has 1 fully saturated rings. The highest BCUT2D eigenvalue weighted by atomic mass is 16.5. The van der Waals surface area contributed by atoms with Crippen molar-refractivity contribution in [2.24, 2.45) is 5.41 Å². The van der Waals surface area contributed by atoms with Crippen LogP contribution >= 0.6 is 0 Å². The maximum atomic E-state index is 5.88. The van der Waals surface area contributed by atoms with Crippen molar-refractivity contribution in [3.05, 3.63) is 0 Å². The van der Waals surface area contributed by atoms with E-state index in [0.29, 0.717) is 17.6 Å². The summed E-state index contributed by atoms with van der Waals surface area (Å²) in [5, 5.41) is 3.29. The van der Waals surface area contributed by atoms with Crippen LogP contribution < -0.4 is 5.32 Å². The van der Waals surface area contributed by atoms with E-state index in [1.807, 2.05) is 7.05 Å². The summed E-state index contributed by atoms with van der Waals surface area (Å²) in [5.74, 6) is 0. The molecule has 3 atom stereocenters. The van der Waals surface area contributed by atoms with E-state index in [1.54, 1.807) is 0 Å². The van der Waals surface area contributed by atoms with Crippen molar-refractivity contribution in [1.82, 2.24) is 5.32 Å². The Hall–Kier alpha value is -0.0800. The fourth-order valence-electron chi connectivity index (χ4n) is 2.35. The van der Waals surface area contributed by atoms with E-state index < -0.39 is 0 Å². The third-order valence-electron chi connectivity index (χ3n) is 3.50. The van der Waals surface area contributed by atoms with Gasteiger partial charge in [0.1, 0.15) is 0 Å². The molecule has 0 saturated carbocycles. The first-order valence-electron chi connectivity index (χ1n) is 5.89. The number of ether oxygens (including phenoxy) is 1. The third-order valence-corrected chi connectivity index (χ3v) is 3.50. The van der Waals surface area contributed by atoms with Gasteiger partial charge in [-0.1, -0.05) is 13.8 Å². The quantitative estimate of drug-likeness (QED) is 0.735. The van der Waals surface area contributed by atoms with Crippen molar-refractivity contribution in [1.29, 1.82) is 0 Å². The maximum absolute atomic E-state index is 5.88. The van der Waals surface area contributed by atoms with E-state index in [1.165, 1.54) is 25.7 Å². The molecule has 3 unspecified atom stereocenters. The Morgan fingerprint density at radius 3 is 2.57 bits per heavy atom. The monoisotopic (exact) mass is 199 g/mol. The average molecular weight is 199 g/mol. The maximum Gasteiger partial charge on any atom is 0.0585 e. The minimum absolute atomic E-state index is 0.406. The highest BCUT2D eigenvalue weighted by Gasteiger charge is 2.30. The van der Waals surface area contributed by atoms with Crippen molar-refractivity contribution in [3.63, 3.8) is 0 Å². The van der Waals surface area contributed by atoms with E-state index >= 15 is 0 Å². The number of hydrogen-bond acceptors (Lipinski definition) is 2. The molecule has 0 spiro atoms. The Bertz CT molecular complexity index is 172. The van der Waals surface area contributed by atoms with Crippen molar-refractivity contribution < 1.29 is 4.74 Å². The van der Waals surface area contributed by atoms with Gasteiger partial charge in [0.25, 0.3) is 0 Å². The lowest BCUT2D eigenvalue weighted by molar-refractivity contribution is 0.0245. The second-order valence-electron chi connectivity index (χ2n) is 5.04. The van der Waals surface area contributed by atoms with E-state index in [2.05, 4.69) is 26.1 Å². The number of hydrogen-bond donors (Lipinski definition) is 1. The molecule has 0 aromatic rings. The normalized spacial score (nSPS) is 31.7. The molecule has 2 heteroatoms. The zero-order valence-corrected chi connectivity index (χ0v) is 10.1. The van der Waals surface area contributed by atoms with Crippen LogP contribution in [0.1, 0.15) is 46.5 Å². The van der Waals surface area contributed by atoms with Crippen molar-refractivity contribution >= 4 is 0 Å². The van der Waals surface area contributed by atoms with Gasteiger partial charge in [-0.15, -0.1) is 0 Å². The van der Waals surface area contributed by atoms with Gasteiger partial charge in [0.2, 0.25) is 0 Å². The van der Waals surface area contributed by atoms with Crippen LogP contribution in [0.2, 0.25) is 0 Å². The molecule has 0 radical (unpaired) electrons. The van der Waals surface area contributed by atoms with Gasteiger partial charge in [0.05, 0.1) is 12.2 Å². The first-order chi connectivity index (χ1) is 6.59. The third kappa shape index (κ3) is 3.25. The molecule has 0 aromatic heterocycles. The van der Waals surface area contributed by atoms with Crippen molar-refractivity contribution in [2.75, 3.05) is 13.6 Å². The van der Waals surface area contributed by atoms with Gasteiger partial charge in [-0.2, -0.15) is 0 Å². The molecule has 84 valence electrons. The first-order valence-corrected chi connectivity index (χ1v) is 5.89. The second-order valence-corrected chi connectivity index (χ2v) is 5.04. The van der Waals surface area contributed by atoms with Crippen LogP contribution in [0.5, 0.6) is 0 Å². The van der Waals surface area contributed by atoms with Gasteiger partial charge in [0, 0.05) is 6.54 Å². The Morgan fingerprint density at radius 1 is 1.43 bits per heavy atom. The van der Waals surface area contributed by atoms with Gasteiger partial charge < -0.3 is 10.1 Å². The second kappa shape index (κ2) is 5.13. The van der Waals surface area contributed by atoms with Crippen LogP contribution in [0, 0.1) is 5.41 Å². The first kappa shape index (κ1) is 12.0. The number of rotatable bonds is 5. The summed E-state index contributed by atoms with van der Waals surface area (Å²) in [6.07, 6.45) is 5.90. The predicted octanol–water partition coefficient (Wildman–Crippen LogP) is 2.58. The molecular weight excluding hydrogens is 174 g/mol. The van der Waals surface area contributed by atoms with Gasteiger partial charge in [0.15, 0.2) is 0 Å². The SMILES string of the molecule is CCC(C)(CNC)CC1CCC(C)O1. The molecular formula is C12H25NO. The van der Waals surface area contributed by atoms with Crippen LogP contribution in [-0.2, 0) is 4.74 Å². The molecule has 1 N–H and O–H groups in total. The molecule has 0 amide bonds. The van der Waals surface area contributed by atoms with Crippen molar-refractivity contribution in [3.8, 4) is 0 Å². The largest absolute Gasteiger partial charge is 0.375 e. The highest BCUT2D eigenvalue weighted by Crippen LogP contribution is 2.33. The molecule has 1 aliphatic heterocycles. The molecule has 2 nitrogen and oxygen atoms in total. The molecule has 0 bridgehead atoms. The zero-order chi connectivity index (χ0) is 10.6. The Labute approximate surface area is 88.4 Å². The van der Waals surface area contributed by atoms with Gasteiger partial charge >= 0.3 is 0 Å². The Balaban J connectivity index is 2.39. The summed E-state index contributed by atoms with van der Waals surface area (Å²) in [4.78, 5) is 0. The smallest absolute Gasteiger partial charge is 0.0585 e. The molecule has 1 saturated heterocycles. The summed E-state index contributed by atoms with van der Waals surface area (Å²) < 4.78 is 5.88. The summed E-state index contributed by atoms with van der Waals surface area (Å²) in [7, 11) is 2.03. The van der Waals surface area contributed by atoms with Crippen molar-refractivity contribution in [2.45, 2.75) is 58.7 Å². The van der Waals surface area contributed by atoms with E-state index in [0.717, 1.165) is 6.54 Å². The fourth-order valence-corrected chi connectivity index (χ4v) is 2.35. The molecule has 14 heavy (non-hydrogen) atoms. The lowest BCUT2D eigenvalue weighted by atomic mass is 9.81. The Morgan fingerprint density at radius 2 is 2.14 bits per heavy atom. The standard InChI is InChI=1S/C12H25NO/c1-5-12(3,9-13-4)8-11-7-6-10(2)14-11/h10-11,13H,5-9H2,1-4H3. The van der Waals surface area contributed by atoms with E-state index in [4.69, 9.17) is 4.74 Å². The minimum Gasteiger partial charge on any atom is -0.375 e. The minimum atomic E-state index is 0.406. The molecule has 1 heterocycles. The Kier molecular flexibility index (Phi) is 4.39. The van der Waals surface area contributed by atoms with E-state index in [-0.39, 0.29) is 0 Å². The summed E-state index contributed by atoms with van der Waals surface area (Å²) in [6, 6.07) is 0. The molecule has 1 rings (SSSR count). The zero-order valence-electron chi connectivity index (χ0n) is 10.1. The highest BCUT2D eigenvalue weighted by molar-refractivity contribution is 4.82. The molecule has 0 aromatic carbocycles. The average Bonchev–Trinajstić information content (AvgIpc) is 2.51. The van der Waals surface area contributed by atoms with Gasteiger partial charge in [-0.05, 0) is 45.1 Å². The van der Waals surface area contributed by atoms with Crippen LogP contribution in [0.4, 0.5) is 0 Å². The summed E-state index contributed by atoms with van der Waals surface area (Å²) >= 11 is 0. The predicted molar refractivity (Wildman–Crippen MR) is 60.5 cm³/mol. The number of nitrogens with one attached hydrogen (secondary N) is 1. The lowest BCUT2D eigenvalue weighted by Gasteiger charge is -2.30. The van der Waals surface area contributed by atoms with Crippen LogP contribution in [0.3, 0.4) is 0 Å². The summed E-state index contributed by atoms with van der Waals surface area (Å²) in [5.41, 5.74) is 0.406.